The number of hydrogen-bond donors (Lipinski definition) is 0. The Morgan fingerprint density at radius 1 is 1.33 bits per heavy atom. The molecule has 1 heterocycles. The van der Waals surface area contributed by atoms with E-state index in [1.807, 2.05) is 25.9 Å². The highest BCUT2D eigenvalue weighted by Gasteiger charge is 2.11. The van der Waals surface area contributed by atoms with E-state index in [-0.39, 0.29) is 5.78 Å². The first-order valence-electron chi connectivity index (χ1n) is 5.93. The molecule has 0 spiro atoms. The smallest absolute Gasteiger partial charge is 0.217 e. The summed E-state index contributed by atoms with van der Waals surface area (Å²) < 4.78 is 10.4. The lowest BCUT2D eigenvalue weighted by Crippen LogP contribution is -2.16. The van der Waals surface area contributed by atoms with Crippen LogP contribution in [0.3, 0.4) is 0 Å². The van der Waals surface area contributed by atoms with Crippen LogP contribution in [0.25, 0.3) is 0 Å². The van der Waals surface area contributed by atoms with Crippen molar-refractivity contribution in [3.63, 3.8) is 0 Å². The number of ether oxygens (including phenoxy) is 2. The summed E-state index contributed by atoms with van der Waals surface area (Å²) in [5.74, 6) is 0.879. The lowest BCUT2D eigenvalue weighted by molar-refractivity contribution is 0.0971. The van der Waals surface area contributed by atoms with Gasteiger partial charge in [0.2, 0.25) is 11.8 Å². The quantitative estimate of drug-likeness (QED) is 0.690. The minimum atomic E-state index is 0.0605. The first-order valence-corrected chi connectivity index (χ1v) is 5.93. The Labute approximate surface area is 108 Å². The van der Waals surface area contributed by atoms with E-state index < -0.39 is 0 Å². The van der Waals surface area contributed by atoms with Crippen LogP contribution in [0.5, 0.6) is 11.8 Å². The van der Waals surface area contributed by atoms with Crippen LogP contribution >= 0.6 is 0 Å². The summed E-state index contributed by atoms with van der Waals surface area (Å²) in [5.41, 5.74) is 0.576. The molecule has 0 aliphatic rings. The zero-order valence-electron chi connectivity index (χ0n) is 11.4. The zero-order valence-corrected chi connectivity index (χ0v) is 11.4. The van der Waals surface area contributed by atoms with Crippen LogP contribution in [0.2, 0.25) is 0 Å². The molecule has 0 aliphatic carbocycles. The molecule has 0 aromatic carbocycles. The molecule has 0 atom stereocenters. The average Bonchev–Trinajstić information content (AvgIpc) is 2.35. The molecule has 0 N–H and O–H groups in total. The molecule has 1 aromatic heterocycles. The molecule has 0 radical (unpaired) electrons. The van der Waals surface area contributed by atoms with E-state index in [0.717, 1.165) is 0 Å². The molecule has 0 saturated heterocycles. The van der Waals surface area contributed by atoms with Crippen LogP contribution in [0, 0.1) is 0 Å². The number of pyridine rings is 1. The number of carbonyl (C=O) groups is 1. The van der Waals surface area contributed by atoms with Crippen molar-refractivity contribution in [3.8, 4) is 11.8 Å². The van der Waals surface area contributed by atoms with Crippen LogP contribution in [0.1, 0.15) is 23.7 Å². The molecular weight excluding hydrogens is 232 g/mol. The molecular formula is C13H20N2O3. The third-order valence-corrected chi connectivity index (χ3v) is 2.39. The van der Waals surface area contributed by atoms with Gasteiger partial charge in [0, 0.05) is 30.7 Å². The first-order chi connectivity index (χ1) is 8.56. The number of aromatic nitrogens is 1. The van der Waals surface area contributed by atoms with E-state index in [4.69, 9.17) is 9.47 Å². The molecule has 0 unspecified atom stereocenters. The SMILES string of the molecule is CCOc1cc(C(=O)CCN(C)C)cc(OC)n1. The summed E-state index contributed by atoms with van der Waals surface area (Å²) in [6, 6.07) is 3.30. The predicted molar refractivity (Wildman–Crippen MR) is 69.5 cm³/mol. The van der Waals surface area contributed by atoms with Crippen molar-refractivity contribution in [3.05, 3.63) is 17.7 Å². The van der Waals surface area contributed by atoms with Crippen LogP contribution in [0.4, 0.5) is 0 Å². The van der Waals surface area contributed by atoms with Crippen molar-refractivity contribution in [1.82, 2.24) is 9.88 Å². The molecule has 5 heteroatoms. The highest BCUT2D eigenvalue weighted by atomic mass is 16.5. The van der Waals surface area contributed by atoms with Gasteiger partial charge in [0.15, 0.2) is 5.78 Å². The van der Waals surface area contributed by atoms with Gasteiger partial charge in [0.25, 0.3) is 0 Å². The van der Waals surface area contributed by atoms with E-state index in [2.05, 4.69) is 4.98 Å². The van der Waals surface area contributed by atoms with Crippen molar-refractivity contribution in [2.45, 2.75) is 13.3 Å². The maximum absolute atomic E-state index is 12.0. The van der Waals surface area contributed by atoms with Gasteiger partial charge in [-0.1, -0.05) is 0 Å². The van der Waals surface area contributed by atoms with Gasteiger partial charge in [-0.15, -0.1) is 0 Å². The van der Waals surface area contributed by atoms with Crippen molar-refractivity contribution in [1.29, 1.82) is 0 Å². The fraction of sp³-hybridized carbons (Fsp3) is 0.538. The maximum atomic E-state index is 12.0. The van der Waals surface area contributed by atoms with Crippen LogP contribution in [0.15, 0.2) is 12.1 Å². The van der Waals surface area contributed by atoms with E-state index in [9.17, 15) is 4.79 Å². The Hall–Kier alpha value is -1.62. The molecule has 0 fully saturated rings. The largest absolute Gasteiger partial charge is 0.481 e. The monoisotopic (exact) mass is 252 g/mol. The number of carbonyl (C=O) groups excluding carboxylic acids is 1. The number of Topliss-reactive ketones (excluding diaryl/α,β-unsaturated/α-hetero) is 1. The van der Waals surface area contributed by atoms with Crippen molar-refractivity contribution >= 4 is 5.78 Å². The van der Waals surface area contributed by atoms with E-state index in [1.165, 1.54) is 7.11 Å². The van der Waals surface area contributed by atoms with E-state index >= 15 is 0 Å². The summed E-state index contributed by atoms with van der Waals surface area (Å²) in [6.45, 7) is 3.09. The van der Waals surface area contributed by atoms with E-state index in [0.29, 0.717) is 36.9 Å². The van der Waals surface area contributed by atoms with Gasteiger partial charge < -0.3 is 14.4 Å². The van der Waals surface area contributed by atoms with Gasteiger partial charge in [0.05, 0.1) is 13.7 Å². The van der Waals surface area contributed by atoms with Gasteiger partial charge in [-0.3, -0.25) is 4.79 Å². The maximum Gasteiger partial charge on any atom is 0.217 e. The van der Waals surface area contributed by atoms with Gasteiger partial charge in [-0.2, -0.15) is 4.98 Å². The molecule has 5 nitrogen and oxygen atoms in total. The highest BCUT2D eigenvalue weighted by Crippen LogP contribution is 2.19. The number of methoxy groups -OCH3 is 1. The first kappa shape index (κ1) is 14.4. The Balaban J connectivity index is 2.85. The second kappa shape index (κ2) is 6.96. The summed E-state index contributed by atoms with van der Waals surface area (Å²) in [7, 11) is 5.39. The number of ketones is 1. The average molecular weight is 252 g/mol. The standard InChI is InChI=1S/C13H20N2O3/c1-5-18-13-9-10(8-12(14-13)17-4)11(16)6-7-15(2)3/h8-9H,5-7H2,1-4H3. The van der Waals surface area contributed by atoms with Crippen molar-refractivity contribution < 1.29 is 14.3 Å². The minimum absolute atomic E-state index is 0.0605. The summed E-state index contributed by atoms with van der Waals surface area (Å²) in [6.07, 6.45) is 0.464. The molecule has 1 rings (SSSR count). The van der Waals surface area contributed by atoms with Gasteiger partial charge in [0.1, 0.15) is 0 Å². The molecule has 0 amide bonds. The lowest BCUT2D eigenvalue weighted by Gasteiger charge is -2.10. The lowest BCUT2D eigenvalue weighted by atomic mass is 10.1. The molecule has 100 valence electrons. The van der Waals surface area contributed by atoms with Gasteiger partial charge in [-0.05, 0) is 21.0 Å². The Morgan fingerprint density at radius 2 is 2.00 bits per heavy atom. The molecule has 0 aliphatic heterocycles. The second-order valence-electron chi connectivity index (χ2n) is 4.15. The Morgan fingerprint density at radius 3 is 2.56 bits per heavy atom. The number of nitrogens with zero attached hydrogens (tertiary/aromatic N) is 2. The fourth-order valence-corrected chi connectivity index (χ4v) is 1.44. The highest BCUT2D eigenvalue weighted by molar-refractivity contribution is 5.96. The van der Waals surface area contributed by atoms with Crippen molar-refractivity contribution in [2.75, 3.05) is 34.4 Å². The molecule has 18 heavy (non-hydrogen) atoms. The fourth-order valence-electron chi connectivity index (χ4n) is 1.44. The van der Waals surface area contributed by atoms with Gasteiger partial charge in [-0.25, -0.2) is 0 Å². The predicted octanol–water partition coefficient (Wildman–Crippen LogP) is 1.62. The van der Waals surface area contributed by atoms with Crippen LogP contribution in [-0.2, 0) is 0 Å². The Bertz CT molecular complexity index is 405. The van der Waals surface area contributed by atoms with Crippen LogP contribution < -0.4 is 9.47 Å². The summed E-state index contributed by atoms with van der Waals surface area (Å²) >= 11 is 0. The van der Waals surface area contributed by atoms with Crippen LogP contribution in [-0.4, -0.2) is 50.0 Å². The number of rotatable bonds is 7. The molecule has 0 saturated carbocycles. The number of hydrogen-bond acceptors (Lipinski definition) is 5. The Kier molecular flexibility index (Phi) is 5.58. The molecule has 1 aromatic rings. The van der Waals surface area contributed by atoms with E-state index in [1.54, 1.807) is 12.1 Å². The zero-order chi connectivity index (χ0) is 13.5. The second-order valence-corrected chi connectivity index (χ2v) is 4.15. The summed E-state index contributed by atoms with van der Waals surface area (Å²) in [5, 5.41) is 0. The van der Waals surface area contributed by atoms with Gasteiger partial charge >= 0.3 is 0 Å². The third-order valence-electron chi connectivity index (χ3n) is 2.39. The molecule has 0 bridgehead atoms. The van der Waals surface area contributed by atoms with Crippen molar-refractivity contribution in [2.24, 2.45) is 0 Å². The minimum Gasteiger partial charge on any atom is -0.481 e. The topological polar surface area (TPSA) is 51.7 Å². The summed E-state index contributed by atoms with van der Waals surface area (Å²) in [4.78, 5) is 18.1. The normalized spacial score (nSPS) is 10.5. The third kappa shape index (κ3) is 4.33.